The summed E-state index contributed by atoms with van der Waals surface area (Å²) in [4.78, 5) is 0. The maximum atomic E-state index is 3.72. The summed E-state index contributed by atoms with van der Waals surface area (Å²) in [6, 6.07) is 11.6. The Morgan fingerprint density at radius 1 is 0.829 bits per heavy atom. The van der Waals surface area contributed by atoms with Gasteiger partial charge in [-0.25, -0.2) is 5.57 Å². The van der Waals surface area contributed by atoms with Crippen LogP contribution in [0.5, 0.6) is 0 Å². The molecule has 3 aliphatic carbocycles. The molecule has 0 radical (unpaired) electrons. The summed E-state index contributed by atoms with van der Waals surface area (Å²) in [6.45, 7) is 22.7. The van der Waals surface area contributed by atoms with Gasteiger partial charge in [0.1, 0.15) is 0 Å². The third-order valence-electron chi connectivity index (χ3n) is 7.74. The molecule has 3 aromatic rings. The molecule has 0 aliphatic heterocycles. The molecule has 0 amide bonds. The van der Waals surface area contributed by atoms with Crippen molar-refractivity contribution >= 4 is 21.5 Å². The van der Waals surface area contributed by atoms with E-state index in [1.807, 2.05) is 0 Å². The Hall–Kier alpha value is -0.747. The zero-order valence-corrected chi connectivity index (χ0v) is 27.1. The summed E-state index contributed by atoms with van der Waals surface area (Å²) in [7, 11) is 0. The molecule has 0 N–H and O–H groups in total. The van der Waals surface area contributed by atoms with Crippen molar-refractivity contribution in [3.05, 3.63) is 75.4 Å². The van der Waals surface area contributed by atoms with Crippen LogP contribution in [0, 0.1) is 50.5 Å². The van der Waals surface area contributed by atoms with Crippen molar-refractivity contribution in [1.29, 1.82) is 0 Å². The Bertz CT molecular complexity index is 1220. The van der Waals surface area contributed by atoms with Crippen molar-refractivity contribution in [1.82, 2.24) is 0 Å². The maximum Gasteiger partial charge on any atom is 4.00 e. The molecule has 0 nitrogen and oxygen atoms in total. The molecule has 0 heterocycles. The number of halogens is 2. The first-order valence-electron chi connectivity index (χ1n) is 12.3. The molecule has 3 heteroatoms. The van der Waals surface area contributed by atoms with Crippen molar-refractivity contribution < 1.29 is 51.0 Å². The number of hydrogen-bond donors (Lipinski definition) is 0. The molecule has 35 heavy (non-hydrogen) atoms. The van der Waals surface area contributed by atoms with Gasteiger partial charge in [-0.3, -0.25) is 6.08 Å². The van der Waals surface area contributed by atoms with E-state index in [2.05, 4.69) is 106 Å². The number of benzene rings is 2. The van der Waals surface area contributed by atoms with Crippen LogP contribution in [0.3, 0.4) is 0 Å². The largest absolute Gasteiger partial charge is 4.00 e. The number of allylic oxidation sites excluding steroid dienone is 4. The van der Waals surface area contributed by atoms with E-state index in [9.17, 15) is 0 Å². The normalized spacial score (nSPS) is 17.5. The second kappa shape index (κ2) is 11.3. The summed E-state index contributed by atoms with van der Waals surface area (Å²) in [5, 5.41) is 5.53. The molecule has 6 rings (SSSR count). The van der Waals surface area contributed by atoms with Crippen LogP contribution in [-0.2, 0) is 26.2 Å². The molecule has 3 aromatic carbocycles. The van der Waals surface area contributed by atoms with Crippen LogP contribution in [-0.4, -0.2) is 0 Å². The first-order chi connectivity index (χ1) is 14.9. The Kier molecular flexibility index (Phi) is 10.5. The van der Waals surface area contributed by atoms with Gasteiger partial charge in [0.2, 0.25) is 0 Å². The quantitative estimate of drug-likeness (QED) is 0.404. The smallest absolute Gasteiger partial charge is 1.00 e. The number of hydrogen-bond acceptors (Lipinski definition) is 0. The van der Waals surface area contributed by atoms with E-state index in [1.165, 1.54) is 62.2 Å². The van der Waals surface area contributed by atoms with Crippen molar-refractivity contribution in [2.45, 2.75) is 82.1 Å². The Morgan fingerprint density at radius 3 is 1.63 bits per heavy atom. The Morgan fingerprint density at radius 2 is 1.26 bits per heavy atom. The fourth-order valence-electron chi connectivity index (χ4n) is 5.77. The van der Waals surface area contributed by atoms with Crippen molar-refractivity contribution in [2.75, 3.05) is 0 Å². The fourth-order valence-corrected chi connectivity index (χ4v) is 5.77. The molecule has 0 fully saturated rings. The first kappa shape index (κ1) is 32.3. The Labute approximate surface area is 245 Å². The van der Waals surface area contributed by atoms with E-state index in [-0.39, 0.29) is 51.0 Å². The first-order valence-corrected chi connectivity index (χ1v) is 12.3. The van der Waals surface area contributed by atoms with E-state index in [4.69, 9.17) is 0 Å². The molecule has 3 aliphatic rings. The second-order valence-electron chi connectivity index (χ2n) is 11.7. The molecule has 0 aromatic heterocycles. The van der Waals surface area contributed by atoms with Crippen molar-refractivity contribution in [2.24, 2.45) is 16.7 Å². The van der Waals surface area contributed by atoms with Gasteiger partial charge in [-0.1, -0.05) is 100 Å². The molecule has 186 valence electrons. The van der Waals surface area contributed by atoms with Crippen LogP contribution in [0.2, 0.25) is 0 Å². The van der Waals surface area contributed by atoms with Crippen LogP contribution >= 0.6 is 0 Å². The predicted octanol–water partition coefficient (Wildman–Crippen LogP) is 3.48. The van der Waals surface area contributed by atoms with Gasteiger partial charge in [0.25, 0.3) is 0 Å². The molecular formula is C32H40Cl2Zr. The summed E-state index contributed by atoms with van der Waals surface area (Å²) in [5.41, 5.74) is 11.0. The minimum atomic E-state index is 0. The van der Waals surface area contributed by atoms with Gasteiger partial charge in [-0.15, -0.1) is 39.7 Å². The molecule has 1 atom stereocenters. The van der Waals surface area contributed by atoms with E-state index in [0.29, 0.717) is 16.7 Å². The van der Waals surface area contributed by atoms with Gasteiger partial charge in [-0.2, -0.15) is 11.1 Å². The van der Waals surface area contributed by atoms with E-state index >= 15 is 0 Å². The predicted molar refractivity (Wildman–Crippen MR) is 141 cm³/mol. The van der Waals surface area contributed by atoms with E-state index in [0.717, 1.165) is 0 Å². The molecule has 1 unspecified atom stereocenters. The summed E-state index contributed by atoms with van der Waals surface area (Å²) in [5.74, 6) is 0.634. The molecule has 0 saturated heterocycles. The number of aryl methyl sites for hydroxylation is 4. The van der Waals surface area contributed by atoms with Gasteiger partial charge in [0.15, 0.2) is 0 Å². The minimum absolute atomic E-state index is 0. The topological polar surface area (TPSA) is 0 Å². The van der Waals surface area contributed by atoms with Crippen molar-refractivity contribution in [3.63, 3.8) is 0 Å². The van der Waals surface area contributed by atoms with Crippen LogP contribution in [0.4, 0.5) is 0 Å². The Balaban J connectivity index is 0.000000325. The van der Waals surface area contributed by atoms with Crippen LogP contribution in [0.15, 0.2) is 47.1 Å². The molecule has 0 spiro atoms. The van der Waals surface area contributed by atoms with Gasteiger partial charge in [0.05, 0.1) is 0 Å². The third kappa shape index (κ3) is 5.59. The van der Waals surface area contributed by atoms with Crippen LogP contribution in [0.25, 0.3) is 21.5 Å². The zero-order chi connectivity index (χ0) is 23.6. The summed E-state index contributed by atoms with van der Waals surface area (Å²) >= 11 is 0. The van der Waals surface area contributed by atoms with E-state index in [1.54, 1.807) is 11.1 Å². The molecular weight excluding hydrogens is 546 g/mol. The number of rotatable bonds is 2. The summed E-state index contributed by atoms with van der Waals surface area (Å²) < 4.78 is 0. The van der Waals surface area contributed by atoms with Gasteiger partial charge in [-0.05, 0) is 33.1 Å². The SMILES string of the molecule is CCCC1[C-]=C2C(C(C)(C)C)=C1C2(C)C.Cc1cc2[cH-]c3cc(C)c(C)cc3c2cc1C.[Cl-].[Cl-].[Zr+4]. The standard InChI is InChI=1S/C17H17.C15H23.2ClH.Zr/c1-10-5-14-9-15-6-11(2)13(4)8-17(15)16(14)7-12(10)3;1-7-8-10-9-11-13(14(2,3)4)12(10)15(11,5)6;;;/h5-9H,1-4H3;10H,7-8H2,1-6H3;2*1H;/q2*-1;;;+4/p-2. The van der Waals surface area contributed by atoms with Crippen LogP contribution < -0.4 is 24.8 Å². The maximum absolute atomic E-state index is 3.72. The second-order valence-corrected chi connectivity index (χ2v) is 11.7. The van der Waals surface area contributed by atoms with Gasteiger partial charge < -0.3 is 24.8 Å². The zero-order valence-electron chi connectivity index (χ0n) is 23.1. The van der Waals surface area contributed by atoms with Crippen molar-refractivity contribution in [3.8, 4) is 0 Å². The van der Waals surface area contributed by atoms with Gasteiger partial charge in [0, 0.05) is 0 Å². The third-order valence-corrected chi connectivity index (χ3v) is 7.74. The number of fused-ring (bicyclic) bond motifs is 4. The fraction of sp³-hybridized carbons (Fsp3) is 0.469. The minimum Gasteiger partial charge on any atom is -1.00 e. The average Bonchev–Trinajstić information content (AvgIpc) is 3.31. The molecule has 0 saturated carbocycles. The monoisotopic (exact) mass is 584 g/mol. The summed E-state index contributed by atoms with van der Waals surface area (Å²) in [6.07, 6.45) is 6.26. The van der Waals surface area contributed by atoms with Crippen LogP contribution in [0.1, 0.15) is 76.6 Å². The molecule has 2 bridgehead atoms. The van der Waals surface area contributed by atoms with E-state index < -0.39 is 0 Å². The average molecular weight is 587 g/mol. The van der Waals surface area contributed by atoms with Gasteiger partial charge >= 0.3 is 26.2 Å².